The highest BCUT2D eigenvalue weighted by Crippen LogP contribution is 2.15. The minimum atomic E-state index is 0.0171. The summed E-state index contributed by atoms with van der Waals surface area (Å²) in [7, 11) is 0. The molecule has 0 bridgehead atoms. The molecule has 22 heavy (non-hydrogen) atoms. The molecule has 1 aromatic carbocycles. The molecule has 1 aromatic rings. The summed E-state index contributed by atoms with van der Waals surface area (Å²) >= 11 is 0. The van der Waals surface area contributed by atoms with E-state index in [1.165, 1.54) is 0 Å². The Morgan fingerprint density at radius 2 is 1.36 bits per heavy atom. The van der Waals surface area contributed by atoms with Crippen LogP contribution in [-0.2, 0) is 4.79 Å². The molecular formula is C20H24O2. The second kappa shape index (κ2) is 9.14. The van der Waals surface area contributed by atoms with Crippen LogP contribution in [0.5, 0.6) is 0 Å². The number of Topliss-reactive ketones (excluding diaryl/α,β-unsaturated/α-hetero) is 2. The molecule has 2 nitrogen and oxygen atoms in total. The molecule has 1 aliphatic carbocycles. The van der Waals surface area contributed by atoms with E-state index in [1.54, 1.807) is 0 Å². The van der Waals surface area contributed by atoms with Crippen molar-refractivity contribution >= 4 is 11.6 Å². The molecule has 0 aromatic heterocycles. The summed E-state index contributed by atoms with van der Waals surface area (Å²) in [4.78, 5) is 23.7. The van der Waals surface area contributed by atoms with E-state index in [1.807, 2.05) is 54.6 Å². The molecule has 0 atom stereocenters. The topological polar surface area (TPSA) is 34.1 Å². The van der Waals surface area contributed by atoms with Crippen molar-refractivity contribution < 1.29 is 9.59 Å². The van der Waals surface area contributed by atoms with Crippen LogP contribution in [0.4, 0.5) is 0 Å². The monoisotopic (exact) mass is 296 g/mol. The third-order valence-corrected chi connectivity index (χ3v) is 4.04. The van der Waals surface area contributed by atoms with Gasteiger partial charge < -0.3 is 0 Å². The zero-order valence-corrected chi connectivity index (χ0v) is 13.0. The Morgan fingerprint density at radius 1 is 0.773 bits per heavy atom. The largest absolute Gasteiger partial charge is 0.299 e. The first-order valence-corrected chi connectivity index (χ1v) is 8.23. The van der Waals surface area contributed by atoms with Gasteiger partial charge in [-0.25, -0.2) is 0 Å². The minimum Gasteiger partial charge on any atom is -0.299 e. The number of rotatable bonds is 10. The van der Waals surface area contributed by atoms with Crippen LogP contribution in [0.2, 0.25) is 0 Å². The van der Waals surface area contributed by atoms with E-state index in [0.717, 1.165) is 37.7 Å². The molecule has 0 spiro atoms. The SMILES string of the molecule is O=C(CCCCCCCC(=O)C1C=CC=C1)c1ccccc1. The first-order valence-electron chi connectivity index (χ1n) is 8.23. The van der Waals surface area contributed by atoms with Crippen molar-refractivity contribution in [1.82, 2.24) is 0 Å². The molecule has 0 unspecified atom stereocenters. The molecule has 0 radical (unpaired) electrons. The Balaban J connectivity index is 1.49. The third-order valence-electron chi connectivity index (χ3n) is 4.04. The number of ketones is 2. The van der Waals surface area contributed by atoms with Crippen molar-refractivity contribution in [3.05, 3.63) is 60.2 Å². The van der Waals surface area contributed by atoms with Crippen molar-refractivity contribution in [2.24, 2.45) is 5.92 Å². The van der Waals surface area contributed by atoms with E-state index in [-0.39, 0.29) is 11.7 Å². The summed E-state index contributed by atoms with van der Waals surface area (Å²) in [5, 5.41) is 0. The van der Waals surface area contributed by atoms with Gasteiger partial charge in [0.2, 0.25) is 0 Å². The fourth-order valence-corrected chi connectivity index (χ4v) is 2.70. The molecule has 0 heterocycles. The van der Waals surface area contributed by atoms with Gasteiger partial charge in [-0.05, 0) is 12.8 Å². The lowest BCUT2D eigenvalue weighted by Crippen LogP contribution is -2.07. The maximum atomic E-state index is 11.9. The molecule has 1 aliphatic rings. The van der Waals surface area contributed by atoms with Gasteiger partial charge in [0.1, 0.15) is 5.78 Å². The highest BCUT2D eigenvalue weighted by atomic mass is 16.1. The van der Waals surface area contributed by atoms with Crippen LogP contribution < -0.4 is 0 Å². The Hall–Kier alpha value is -1.96. The number of unbranched alkanes of at least 4 members (excludes halogenated alkanes) is 4. The number of allylic oxidation sites excluding steroid dienone is 4. The van der Waals surface area contributed by atoms with Crippen molar-refractivity contribution in [1.29, 1.82) is 0 Å². The molecular weight excluding hydrogens is 272 g/mol. The summed E-state index contributed by atoms with van der Waals surface area (Å²) in [5.74, 6) is 0.573. The van der Waals surface area contributed by atoms with E-state index in [2.05, 4.69) is 0 Å². The van der Waals surface area contributed by atoms with Gasteiger partial charge in [-0.3, -0.25) is 9.59 Å². The number of hydrogen-bond acceptors (Lipinski definition) is 2. The maximum absolute atomic E-state index is 11.9. The van der Waals surface area contributed by atoms with Crippen molar-refractivity contribution in [3.8, 4) is 0 Å². The Bertz CT molecular complexity index is 528. The molecule has 0 fully saturated rings. The molecule has 0 aliphatic heterocycles. The van der Waals surface area contributed by atoms with Gasteiger partial charge in [-0.15, -0.1) is 0 Å². The summed E-state index contributed by atoms with van der Waals surface area (Å²) < 4.78 is 0. The van der Waals surface area contributed by atoms with Gasteiger partial charge in [0.05, 0.1) is 5.92 Å². The van der Waals surface area contributed by atoms with Gasteiger partial charge in [0, 0.05) is 18.4 Å². The molecule has 2 heteroatoms. The zero-order chi connectivity index (χ0) is 15.6. The molecule has 2 rings (SSSR count). The van der Waals surface area contributed by atoms with E-state index in [4.69, 9.17) is 0 Å². The lowest BCUT2D eigenvalue weighted by Gasteiger charge is -2.05. The van der Waals surface area contributed by atoms with Crippen LogP contribution in [0, 0.1) is 5.92 Å². The Labute approximate surface area is 132 Å². The Kier molecular flexibility index (Phi) is 6.82. The smallest absolute Gasteiger partial charge is 0.162 e. The van der Waals surface area contributed by atoms with Crippen LogP contribution in [0.3, 0.4) is 0 Å². The zero-order valence-electron chi connectivity index (χ0n) is 13.0. The molecule has 0 N–H and O–H groups in total. The lowest BCUT2D eigenvalue weighted by atomic mass is 9.99. The summed E-state index contributed by atoms with van der Waals surface area (Å²) in [6, 6.07) is 9.48. The quantitative estimate of drug-likeness (QED) is 0.454. The molecule has 0 saturated heterocycles. The van der Waals surface area contributed by atoms with Gasteiger partial charge in [-0.2, -0.15) is 0 Å². The third kappa shape index (κ3) is 5.44. The van der Waals surface area contributed by atoms with Gasteiger partial charge >= 0.3 is 0 Å². The first kappa shape index (κ1) is 16.4. The molecule has 0 saturated carbocycles. The minimum absolute atomic E-state index is 0.0171. The van der Waals surface area contributed by atoms with Gasteiger partial charge in [0.15, 0.2) is 5.78 Å². The highest BCUT2D eigenvalue weighted by Gasteiger charge is 2.13. The molecule has 0 amide bonds. The fourth-order valence-electron chi connectivity index (χ4n) is 2.70. The number of benzene rings is 1. The summed E-state index contributed by atoms with van der Waals surface area (Å²) in [6.07, 6.45) is 14.2. The van der Waals surface area contributed by atoms with E-state index in [0.29, 0.717) is 18.6 Å². The molecule has 116 valence electrons. The first-order chi connectivity index (χ1) is 10.8. The second-order valence-electron chi connectivity index (χ2n) is 5.82. The summed E-state index contributed by atoms with van der Waals surface area (Å²) in [6.45, 7) is 0. The number of carbonyl (C=O) groups is 2. The van der Waals surface area contributed by atoms with Crippen molar-refractivity contribution in [2.75, 3.05) is 0 Å². The standard InChI is InChI=1S/C20H24O2/c21-19(17-11-5-4-6-12-17)15-7-2-1-3-8-16-20(22)18-13-9-10-14-18/h4-6,9-14,18H,1-3,7-8,15-16H2. The van der Waals surface area contributed by atoms with Crippen molar-refractivity contribution in [3.63, 3.8) is 0 Å². The number of hydrogen-bond donors (Lipinski definition) is 0. The average Bonchev–Trinajstić information content (AvgIpc) is 3.09. The fraction of sp³-hybridized carbons (Fsp3) is 0.400. The second-order valence-corrected chi connectivity index (χ2v) is 5.82. The maximum Gasteiger partial charge on any atom is 0.162 e. The highest BCUT2D eigenvalue weighted by molar-refractivity contribution is 5.95. The van der Waals surface area contributed by atoms with Crippen LogP contribution in [-0.4, -0.2) is 11.6 Å². The van der Waals surface area contributed by atoms with Crippen molar-refractivity contribution in [2.45, 2.75) is 44.9 Å². The lowest BCUT2D eigenvalue weighted by molar-refractivity contribution is -0.120. The normalized spacial score (nSPS) is 13.6. The Morgan fingerprint density at radius 3 is 2.05 bits per heavy atom. The van der Waals surface area contributed by atoms with E-state index < -0.39 is 0 Å². The van der Waals surface area contributed by atoms with Gasteiger partial charge in [0.25, 0.3) is 0 Å². The van der Waals surface area contributed by atoms with Crippen LogP contribution in [0.1, 0.15) is 55.3 Å². The van der Waals surface area contributed by atoms with Gasteiger partial charge in [-0.1, -0.05) is 73.9 Å². The van der Waals surface area contributed by atoms with E-state index >= 15 is 0 Å². The van der Waals surface area contributed by atoms with Crippen LogP contribution in [0.15, 0.2) is 54.6 Å². The van der Waals surface area contributed by atoms with E-state index in [9.17, 15) is 9.59 Å². The average molecular weight is 296 g/mol. The van der Waals surface area contributed by atoms with Crippen LogP contribution in [0.25, 0.3) is 0 Å². The predicted molar refractivity (Wildman–Crippen MR) is 89.9 cm³/mol. The predicted octanol–water partition coefficient (Wildman–Crippen LogP) is 4.91. The van der Waals surface area contributed by atoms with Crippen LogP contribution >= 0.6 is 0 Å². The number of carbonyl (C=O) groups excluding carboxylic acids is 2. The summed E-state index contributed by atoms with van der Waals surface area (Å²) in [5.41, 5.74) is 0.811.